The molecule has 0 saturated carbocycles. The van der Waals surface area contributed by atoms with Crippen LogP contribution >= 0.6 is 11.8 Å². The van der Waals surface area contributed by atoms with Crippen molar-refractivity contribution in [3.05, 3.63) is 33.9 Å². The van der Waals surface area contributed by atoms with Gasteiger partial charge in [-0.3, -0.25) is 10.1 Å². The van der Waals surface area contributed by atoms with E-state index in [9.17, 15) is 18.9 Å². The van der Waals surface area contributed by atoms with E-state index < -0.39 is 22.2 Å². The molecule has 1 aliphatic rings. The Bertz CT molecular complexity index is 484. The lowest BCUT2D eigenvalue weighted by Gasteiger charge is -2.14. The second kappa shape index (κ2) is 5.09. The normalized spacial score (nSPS) is 23.1. The summed E-state index contributed by atoms with van der Waals surface area (Å²) in [7, 11) is 0. The Hall–Kier alpha value is -1.37. The number of nitrogens with zero attached hydrogens (tertiary/aromatic N) is 1. The maximum Gasteiger partial charge on any atom is 0.298 e. The van der Waals surface area contributed by atoms with Crippen molar-refractivity contribution in [3.63, 3.8) is 0 Å². The summed E-state index contributed by atoms with van der Waals surface area (Å²) in [6.07, 6.45) is 0.804. The number of halogens is 2. The molecule has 0 radical (unpaired) electrons. The minimum absolute atomic E-state index is 0.0244. The standard InChI is InChI=1S/C11H12F2N2O2S/c1-6-2-8(5-18-6)14-11-9(13)3-7(12)4-10(11)15(16)17/h3-4,6,8,14H,2,5H2,1H3. The van der Waals surface area contributed by atoms with Gasteiger partial charge in [-0.1, -0.05) is 6.92 Å². The lowest BCUT2D eigenvalue weighted by atomic mass is 10.1. The van der Waals surface area contributed by atoms with E-state index in [1.165, 1.54) is 0 Å². The van der Waals surface area contributed by atoms with Crippen molar-refractivity contribution in [2.24, 2.45) is 0 Å². The molecule has 1 saturated heterocycles. The number of anilines is 1. The molecule has 0 aromatic heterocycles. The molecular formula is C11H12F2N2O2S. The summed E-state index contributed by atoms with van der Waals surface area (Å²) in [5, 5.41) is 14.0. The van der Waals surface area contributed by atoms with Gasteiger partial charge in [0.25, 0.3) is 5.69 Å². The molecule has 2 atom stereocenters. The van der Waals surface area contributed by atoms with Crippen LogP contribution in [0, 0.1) is 21.7 Å². The van der Waals surface area contributed by atoms with Crippen LogP contribution in [0.1, 0.15) is 13.3 Å². The lowest BCUT2D eigenvalue weighted by molar-refractivity contribution is -0.384. The SMILES string of the molecule is CC1CC(Nc2c(F)cc(F)cc2[N+](=O)[O-])CS1. The third-order valence-corrected chi connectivity index (χ3v) is 4.13. The zero-order valence-electron chi connectivity index (χ0n) is 9.65. The van der Waals surface area contributed by atoms with Gasteiger partial charge in [-0.2, -0.15) is 11.8 Å². The van der Waals surface area contributed by atoms with Gasteiger partial charge in [-0.25, -0.2) is 8.78 Å². The molecule has 0 amide bonds. The quantitative estimate of drug-likeness (QED) is 0.679. The van der Waals surface area contributed by atoms with Gasteiger partial charge >= 0.3 is 0 Å². The first-order chi connectivity index (χ1) is 8.47. The predicted octanol–water partition coefficient (Wildman–Crippen LogP) is 3.18. The Balaban J connectivity index is 2.28. The van der Waals surface area contributed by atoms with E-state index in [2.05, 4.69) is 5.32 Å². The van der Waals surface area contributed by atoms with Crippen LogP contribution < -0.4 is 5.32 Å². The maximum atomic E-state index is 13.6. The van der Waals surface area contributed by atoms with Crippen molar-refractivity contribution < 1.29 is 13.7 Å². The van der Waals surface area contributed by atoms with Crippen molar-refractivity contribution in [2.45, 2.75) is 24.6 Å². The largest absolute Gasteiger partial charge is 0.373 e. The average Bonchev–Trinajstić information content (AvgIpc) is 2.67. The van der Waals surface area contributed by atoms with Gasteiger partial charge in [0.15, 0.2) is 5.82 Å². The molecule has 1 aromatic rings. The Morgan fingerprint density at radius 3 is 2.78 bits per heavy atom. The Labute approximate surface area is 107 Å². The molecule has 2 rings (SSSR count). The molecule has 1 aliphatic heterocycles. The number of hydrogen-bond acceptors (Lipinski definition) is 4. The summed E-state index contributed by atoms with van der Waals surface area (Å²) < 4.78 is 26.6. The van der Waals surface area contributed by atoms with E-state index in [1.807, 2.05) is 6.92 Å². The molecule has 7 heteroatoms. The molecule has 98 valence electrons. The van der Waals surface area contributed by atoms with Crippen LogP contribution in [-0.2, 0) is 0 Å². The molecule has 4 nitrogen and oxygen atoms in total. The van der Waals surface area contributed by atoms with Crippen LogP contribution in [0.3, 0.4) is 0 Å². The summed E-state index contributed by atoms with van der Waals surface area (Å²) in [5.41, 5.74) is -0.779. The summed E-state index contributed by atoms with van der Waals surface area (Å²) in [5.74, 6) is -1.11. The second-order valence-corrected chi connectivity index (χ2v) is 5.73. The van der Waals surface area contributed by atoms with Crippen molar-refractivity contribution in [1.29, 1.82) is 0 Å². The molecule has 1 heterocycles. The highest BCUT2D eigenvalue weighted by atomic mass is 32.2. The van der Waals surface area contributed by atoms with E-state index in [-0.39, 0.29) is 11.7 Å². The van der Waals surface area contributed by atoms with Gasteiger partial charge in [0.1, 0.15) is 11.5 Å². The zero-order chi connectivity index (χ0) is 13.3. The highest BCUT2D eigenvalue weighted by molar-refractivity contribution is 8.00. The second-order valence-electron chi connectivity index (χ2n) is 4.26. The summed E-state index contributed by atoms with van der Waals surface area (Å²) >= 11 is 1.72. The third-order valence-electron chi connectivity index (χ3n) is 2.78. The van der Waals surface area contributed by atoms with E-state index in [1.54, 1.807) is 11.8 Å². The number of nitrogens with one attached hydrogen (secondary N) is 1. The minimum atomic E-state index is -0.945. The molecule has 1 aromatic carbocycles. The Kier molecular flexibility index (Phi) is 3.70. The molecule has 0 spiro atoms. The van der Waals surface area contributed by atoms with Gasteiger partial charge in [-0.05, 0) is 6.42 Å². The highest BCUT2D eigenvalue weighted by Crippen LogP contribution is 2.33. The van der Waals surface area contributed by atoms with Crippen molar-refractivity contribution >= 4 is 23.1 Å². The van der Waals surface area contributed by atoms with Gasteiger partial charge in [0.05, 0.1) is 11.0 Å². The van der Waals surface area contributed by atoms with E-state index in [0.29, 0.717) is 11.3 Å². The fourth-order valence-corrected chi connectivity index (χ4v) is 3.12. The number of benzene rings is 1. The van der Waals surface area contributed by atoms with E-state index in [0.717, 1.165) is 18.2 Å². The molecule has 18 heavy (non-hydrogen) atoms. The first-order valence-electron chi connectivity index (χ1n) is 5.49. The Morgan fingerprint density at radius 2 is 2.22 bits per heavy atom. The third kappa shape index (κ3) is 2.72. The zero-order valence-corrected chi connectivity index (χ0v) is 10.5. The smallest absolute Gasteiger partial charge is 0.298 e. The van der Waals surface area contributed by atoms with E-state index >= 15 is 0 Å². The van der Waals surface area contributed by atoms with Gasteiger partial charge in [0.2, 0.25) is 0 Å². The van der Waals surface area contributed by atoms with Crippen molar-refractivity contribution in [1.82, 2.24) is 0 Å². The first-order valence-corrected chi connectivity index (χ1v) is 6.54. The topological polar surface area (TPSA) is 55.2 Å². The fraction of sp³-hybridized carbons (Fsp3) is 0.455. The van der Waals surface area contributed by atoms with Gasteiger partial charge in [0, 0.05) is 23.1 Å². The van der Waals surface area contributed by atoms with Crippen LogP contribution in [-0.4, -0.2) is 22.0 Å². The highest BCUT2D eigenvalue weighted by Gasteiger charge is 2.27. The van der Waals surface area contributed by atoms with Crippen molar-refractivity contribution in [2.75, 3.05) is 11.1 Å². The summed E-state index contributed by atoms with van der Waals surface area (Å²) in [6, 6.07) is 1.36. The van der Waals surface area contributed by atoms with Crippen LogP contribution in [0.5, 0.6) is 0 Å². The Morgan fingerprint density at radius 1 is 1.50 bits per heavy atom. The molecular weight excluding hydrogens is 262 g/mol. The monoisotopic (exact) mass is 274 g/mol. The molecule has 2 unspecified atom stereocenters. The fourth-order valence-electron chi connectivity index (χ4n) is 1.97. The molecule has 0 aliphatic carbocycles. The van der Waals surface area contributed by atoms with Gasteiger partial charge < -0.3 is 5.32 Å². The van der Waals surface area contributed by atoms with Gasteiger partial charge in [-0.15, -0.1) is 0 Å². The molecule has 1 fully saturated rings. The molecule has 0 bridgehead atoms. The lowest BCUT2D eigenvalue weighted by Crippen LogP contribution is -2.20. The predicted molar refractivity (Wildman–Crippen MR) is 67.0 cm³/mol. The number of hydrogen-bond donors (Lipinski definition) is 1. The van der Waals surface area contributed by atoms with E-state index in [4.69, 9.17) is 0 Å². The van der Waals surface area contributed by atoms with Crippen LogP contribution in [0.4, 0.5) is 20.2 Å². The molecule has 1 N–H and O–H groups in total. The van der Waals surface area contributed by atoms with Crippen LogP contribution in [0.15, 0.2) is 12.1 Å². The maximum absolute atomic E-state index is 13.6. The minimum Gasteiger partial charge on any atom is -0.373 e. The van der Waals surface area contributed by atoms with Crippen molar-refractivity contribution in [3.8, 4) is 0 Å². The van der Waals surface area contributed by atoms with Crippen LogP contribution in [0.25, 0.3) is 0 Å². The summed E-state index contributed by atoms with van der Waals surface area (Å²) in [4.78, 5) is 10.0. The summed E-state index contributed by atoms with van der Waals surface area (Å²) in [6.45, 7) is 2.04. The first kappa shape index (κ1) is 13.1. The number of thioether (sulfide) groups is 1. The average molecular weight is 274 g/mol. The van der Waals surface area contributed by atoms with Crippen LogP contribution in [0.2, 0.25) is 0 Å². The number of nitro benzene ring substituents is 1. The number of nitro groups is 1. The number of rotatable bonds is 3.